The summed E-state index contributed by atoms with van der Waals surface area (Å²) < 4.78 is 54.5. The second-order valence-corrected chi connectivity index (χ2v) is 10.7. The molecule has 1 heterocycles. The van der Waals surface area contributed by atoms with Gasteiger partial charge in [0.25, 0.3) is 0 Å². The van der Waals surface area contributed by atoms with E-state index in [2.05, 4.69) is 11.6 Å². The Morgan fingerprint density at radius 1 is 0.880 bits per heavy atom. The first kappa shape index (κ1) is 18.8. The first-order valence-electron chi connectivity index (χ1n) is 8.93. The highest BCUT2D eigenvalue weighted by Crippen LogP contribution is 2.26. The van der Waals surface area contributed by atoms with Crippen LogP contribution in [0.25, 0.3) is 0 Å². The van der Waals surface area contributed by atoms with Gasteiger partial charge in [0.2, 0.25) is 20.0 Å². The van der Waals surface area contributed by atoms with Gasteiger partial charge in [-0.25, -0.2) is 21.6 Å². The number of nitrogens with one attached hydrogen (secondary N) is 1. The normalized spacial score (nSPS) is 26.0. The average molecular weight is 387 g/mol. The Morgan fingerprint density at radius 3 is 2.04 bits per heavy atom. The molecule has 0 radical (unpaired) electrons. The van der Waals surface area contributed by atoms with Gasteiger partial charge in [0, 0.05) is 19.1 Å². The first-order chi connectivity index (χ1) is 11.8. The molecule has 6 nitrogen and oxygen atoms in total. The van der Waals surface area contributed by atoms with Crippen LogP contribution in [-0.4, -0.2) is 40.3 Å². The van der Waals surface area contributed by atoms with Crippen LogP contribution in [0.3, 0.4) is 0 Å². The first-order valence-corrected chi connectivity index (χ1v) is 11.9. The van der Waals surface area contributed by atoms with Crippen LogP contribution >= 0.6 is 0 Å². The molecule has 0 unspecified atom stereocenters. The van der Waals surface area contributed by atoms with Crippen molar-refractivity contribution in [2.45, 2.75) is 61.3 Å². The van der Waals surface area contributed by atoms with E-state index in [-0.39, 0.29) is 15.8 Å². The van der Waals surface area contributed by atoms with E-state index in [0.29, 0.717) is 19.0 Å². The van der Waals surface area contributed by atoms with Crippen molar-refractivity contribution in [1.29, 1.82) is 0 Å². The molecule has 1 aromatic carbocycles. The van der Waals surface area contributed by atoms with Crippen LogP contribution in [0.1, 0.15) is 45.4 Å². The molecule has 1 aliphatic heterocycles. The molecule has 8 heteroatoms. The van der Waals surface area contributed by atoms with Crippen molar-refractivity contribution in [3.05, 3.63) is 24.3 Å². The summed E-state index contributed by atoms with van der Waals surface area (Å²) in [4.78, 5) is 0.269. The number of rotatable bonds is 5. The van der Waals surface area contributed by atoms with Crippen molar-refractivity contribution in [3.63, 3.8) is 0 Å². The predicted octanol–water partition coefficient (Wildman–Crippen LogP) is 2.33. The van der Waals surface area contributed by atoms with Crippen LogP contribution in [-0.2, 0) is 20.0 Å². The lowest BCUT2D eigenvalue weighted by Crippen LogP contribution is -2.40. The monoisotopic (exact) mass is 386 g/mol. The molecule has 3 rings (SSSR count). The minimum absolute atomic E-state index is 0.0493. The zero-order valence-corrected chi connectivity index (χ0v) is 16.2. The molecule has 2 aliphatic rings. The third kappa shape index (κ3) is 4.07. The van der Waals surface area contributed by atoms with Gasteiger partial charge >= 0.3 is 0 Å². The summed E-state index contributed by atoms with van der Waals surface area (Å²) in [7, 11) is -7.15. The number of hydrogen-bond acceptors (Lipinski definition) is 4. The molecule has 0 aromatic heterocycles. The molecule has 1 N–H and O–H groups in total. The van der Waals surface area contributed by atoms with E-state index >= 15 is 0 Å². The van der Waals surface area contributed by atoms with Crippen LogP contribution in [0.15, 0.2) is 34.1 Å². The summed E-state index contributed by atoms with van der Waals surface area (Å²) in [6, 6.07) is 5.52. The lowest BCUT2D eigenvalue weighted by atomic mass is 9.87. The average Bonchev–Trinajstić information content (AvgIpc) is 3.12. The van der Waals surface area contributed by atoms with E-state index in [9.17, 15) is 16.8 Å². The summed E-state index contributed by atoms with van der Waals surface area (Å²) in [6.45, 7) is 3.13. The molecule has 0 amide bonds. The largest absolute Gasteiger partial charge is 0.243 e. The Kier molecular flexibility index (Phi) is 5.53. The highest BCUT2D eigenvalue weighted by molar-refractivity contribution is 7.89. The summed E-state index contributed by atoms with van der Waals surface area (Å²) in [5.41, 5.74) is 0. The highest BCUT2D eigenvalue weighted by Gasteiger charge is 2.29. The van der Waals surface area contributed by atoms with Crippen molar-refractivity contribution in [3.8, 4) is 0 Å². The maximum absolute atomic E-state index is 12.6. The molecular formula is C17H26N2O4S2. The van der Waals surface area contributed by atoms with Gasteiger partial charge in [-0.15, -0.1) is 0 Å². The van der Waals surface area contributed by atoms with E-state index in [0.717, 1.165) is 38.5 Å². The van der Waals surface area contributed by atoms with Crippen LogP contribution in [0.4, 0.5) is 0 Å². The molecule has 0 spiro atoms. The van der Waals surface area contributed by atoms with Crippen molar-refractivity contribution < 1.29 is 16.8 Å². The third-order valence-electron chi connectivity index (χ3n) is 5.25. The topological polar surface area (TPSA) is 83.5 Å². The molecule has 1 aromatic rings. The van der Waals surface area contributed by atoms with Gasteiger partial charge in [-0.2, -0.15) is 4.31 Å². The molecule has 1 saturated heterocycles. The fourth-order valence-corrected chi connectivity index (χ4v) is 6.52. The fraction of sp³-hybridized carbons (Fsp3) is 0.647. The van der Waals surface area contributed by atoms with Crippen molar-refractivity contribution >= 4 is 20.0 Å². The van der Waals surface area contributed by atoms with E-state index in [1.807, 2.05) is 0 Å². The van der Waals surface area contributed by atoms with E-state index < -0.39 is 20.0 Å². The second-order valence-electron chi connectivity index (χ2n) is 7.07. The zero-order chi connectivity index (χ0) is 18.1. The van der Waals surface area contributed by atoms with Crippen LogP contribution in [0, 0.1) is 5.92 Å². The zero-order valence-electron chi connectivity index (χ0n) is 14.5. The van der Waals surface area contributed by atoms with Crippen LogP contribution < -0.4 is 4.72 Å². The predicted molar refractivity (Wildman–Crippen MR) is 96.2 cm³/mol. The van der Waals surface area contributed by atoms with Crippen LogP contribution in [0.2, 0.25) is 0 Å². The van der Waals surface area contributed by atoms with Gasteiger partial charge in [-0.05, 0) is 55.9 Å². The van der Waals surface area contributed by atoms with Gasteiger partial charge in [0.15, 0.2) is 0 Å². The molecule has 1 saturated carbocycles. The molecule has 0 bridgehead atoms. The number of hydrogen-bond donors (Lipinski definition) is 1. The molecule has 2 atom stereocenters. The molecular weight excluding hydrogens is 360 g/mol. The van der Waals surface area contributed by atoms with Gasteiger partial charge in [-0.3, -0.25) is 0 Å². The summed E-state index contributed by atoms with van der Waals surface area (Å²) in [6.07, 6.45) is 5.79. The Bertz CT molecular complexity index is 798. The number of sulfonamides is 2. The minimum atomic E-state index is -3.63. The smallest absolute Gasteiger partial charge is 0.208 e. The minimum Gasteiger partial charge on any atom is -0.208 e. The number of benzene rings is 1. The fourth-order valence-electron chi connectivity index (χ4n) is 3.63. The second kappa shape index (κ2) is 7.34. The van der Waals surface area contributed by atoms with Crippen molar-refractivity contribution in [2.75, 3.05) is 13.1 Å². The summed E-state index contributed by atoms with van der Waals surface area (Å²) in [5.74, 6) is 0.318. The quantitative estimate of drug-likeness (QED) is 0.842. The maximum atomic E-state index is 12.6. The third-order valence-corrected chi connectivity index (χ3v) is 8.67. The van der Waals surface area contributed by atoms with E-state index in [4.69, 9.17) is 0 Å². The molecule has 2 fully saturated rings. The van der Waals surface area contributed by atoms with Crippen molar-refractivity contribution in [2.24, 2.45) is 5.92 Å². The maximum Gasteiger partial charge on any atom is 0.243 e. The van der Waals surface area contributed by atoms with Gasteiger partial charge in [0.05, 0.1) is 9.79 Å². The highest BCUT2D eigenvalue weighted by atomic mass is 32.2. The Morgan fingerprint density at radius 2 is 1.44 bits per heavy atom. The SMILES string of the molecule is C[C@@H]1CCCC[C@@H]1NS(=O)(=O)c1ccc(S(=O)(=O)N2CCCC2)cc1. The van der Waals surface area contributed by atoms with E-state index in [1.54, 1.807) is 0 Å². The Hall–Kier alpha value is -0.960. The molecule has 140 valence electrons. The lowest BCUT2D eigenvalue weighted by Gasteiger charge is -2.29. The van der Waals surface area contributed by atoms with Gasteiger partial charge in [-0.1, -0.05) is 19.8 Å². The van der Waals surface area contributed by atoms with Crippen LogP contribution in [0.5, 0.6) is 0 Å². The lowest BCUT2D eigenvalue weighted by molar-refractivity contribution is 0.310. The standard InChI is InChI=1S/C17H26N2O4S2/c1-14-6-2-3-7-17(14)18-24(20,21)15-8-10-16(11-9-15)25(22,23)19-12-4-5-13-19/h8-11,14,17-18H,2-7,12-13H2,1H3/t14-,17+/m1/s1. The molecule has 1 aliphatic carbocycles. The van der Waals surface area contributed by atoms with Gasteiger partial charge in [0.1, 0.15) is 0 Å². The Labute approximate surface area is 150 Å². The summed E-state index contributed by atoms with van der Waals surface area (Å²) >= 11 is 0. The van der Waals surface area contributed by atoms with Gasteiger partial charge < -0.3 is 0 Å². The Balaban J connectivity index is 1.77. The number of nitrogens with zero attached hydrogens (tertiary/aromatic N) is 1. The molecule has 25 heavy (non-hydrogen) atoms. The summed E-state index contributed by atoms with van der Waals surface area (Å²) in [5, 5.41) is 0. The van der Waals surface area contributed by atoms with E-state index in [1.165, 1.54) is 28.6 Å². The van der Waals surface area contributed by atoms with Crippen molar-refractivity contribution in [1.82, 2.24) is 9.03 Å².